The fourth-order valence-electron chi connectivity index (χ4n) is 3.32. The van der Waals surface area contributed by atoms with Crippen LogP contribution in [0.1, 0.15) is 60.3 Å². The average Bonchev–Trinajstić information content (AvgIpc) is 2.26. The van der Waals surface area contributed by atoms with E-state index in [1.807, 2.05) is 13.8 Å². The van der Waals surface area contributed by atoms with Crippen LogP contribution in [0.15, 0.2) is 0 Å². The molecule has 3 unspecified atom stereocenters. The Labute approximate surface area is 123 Å². The number of aliphatic carboxylic acids is 1. The summed E-state index contributed by atoms with van der Waals surface area (Å²) in [5.41, 5.74) is -0.903. The summed E-state index contributed by atoms with van der Waals surface area (Å²) in [6.45, 7) is 10.7. The van der Waals surface area contributed by atoms with Gasteiger partial charge < -0.3 is 9.84 Å². The molecule has 118 valence electrons. The van der Waals surface area contributed by atoms with Gasteiger partial charge in [-0.15, -0.1) is 0 Å². The lowest BCUT2D eigenvalue weighted by Crippen LogP contribution is -2.53. The van der Waals surface area contributed by atoms with Crippen molar-refractivity contribution in [2.24, 2.45) is 11.8 Å². The van der Waals surface area contributed by atoms with Gasteiger partial charge in [0.15, 0.2) is 0 Å². The van der Waals surface area contributed by atoms with Gasteiger partial charge in [0.05, 0.1) is 6.10 Å². The number of ether oxygens (including phenoxy) is 1. The molecule has 3 atom stereocenters. The second kappa shape index (κ2) is 7.41. The van der Waals surface area contributed by atoms with E-state index in [0.29, 0.717) is 31.0 Å². The monoisotopic (exact) mass is 285 g/mol. The van der Waals surface area contributed by atoms with Gasteiger partial charge in [0, 0.05) is 12.6 Å². The van der Waals surface area contributed by atoms with Gasteiger partial charge in [-0.05, 0) is 58.3 Å². The Bertz CT molecular complexity index is 309. The predicted octanol–water partition coefficient (Wildman–Crippen LogP) is 3.06. The van der Waals surface area contributed by atoms with E-state index in [9.17, 15) is 9.90 Å². The van der Waals surface area contributed by atoms with Gasteiger partial charge in [0.1, 0.15) is 5.54 Å². The van der Waals surface area contributed by atoms with Crippen LogP contribution in [0.5, 0.6) is 0 Å². The Morgan fingerprint density at radius 1 is 1.30 bits per heavy atom. The van der Waals surface area contributed by atoms with Gasteiger partial charge in [-0.25, -0.2) is 0 Å². The maximum absolute atomic E-state index is 11.4. The summed E-state index contributed by atoms with van der Waals surface area (Å²) in [7, 11) is 0. The molecule has 1 rings (SSSR count). The third-order valence-corrected chi connectivity index (χ3v) is 4.17. The highest BCUT2D eigenvalue weighted by molar-refractivity contribution is 5.78. The molecule has 0 radical (unpaired) electrons. The molecular formula is C16H31NO3. The van der Waals surface area contributed by atoms with Crippen molar-refractivity contribution >= 4 is 5.97 Å². The molecule has 2 N–H and O–H groups in total. The third-order valence-electron chi connectivity index (χ3n) is 4.17. The Kier molecular flexibility index (Phi) is 6.46. The van der Waals surface area contributed by atoms with Crippen molar-refractivity contribution in [3.8, 4) is 0 Å². The molecule has 0 saturated heterocycles. The molecule has 20 heavy (non-hydrogen) atoms. The third kappa shape index (κ3) is 5.41. The summed E-state index contributed by atoms with van der Waals surface area (Å²) in [5, 5.41) is 12.5. The molecule has 0 heterocycles. The molecular weight excluding hydrogens is 254 g/mol. The fourth-order valence-corrected chi connectivity index (χ4v) is 3.32. The van der Waals surface area contributed by atoms with Crippen LogP contribution in [0.4, 0.5) is 0 Å². The summed E-state index contributed by atoms with van der Waals surface area (Å²) >= 11 is 0. The van der Waals surface area contributed by atoms with Crippen molar-refractivity contribution in [3.63, 3.8) is 0 Å². The lowest BCUT2D eigenvalue weighted by molar-refractivity contribution is -0.145. The van der Waals surface area contributed by atoms with E-state index >= 15 is 0 Å². The Hall–Kier alpha value is -0.610. The van der Waals surface area contributed by atoms with Crippen LogP contribution in [0.25, 0.3) is 0 Å². The van der Waals surface area contributed by atoms with Gasteiger partial charge in [0.2, 0.25) is 0 Å². The Balaban J connectivity index is 2.42. The molecule has 1 saturated carbocycles. The van der Waals surface area contributed by atoms with E-state index in [0.717, 1.165) is 12.8 Å². The summed E-state index contributed by atoms with van der Waals surface area (Å²) in [4.78, 5) is 11.4. The highest BCUT2D eigenvalue weighted by Crippen LogP contribution is 2.30. The summed E-state index contributed by atoms with van der Waals surface area (Å²) < 4.78 is 5.95. The Morgan fingerprint density at radius 3 is 2.30 bits per heavy atom. The number of carboxylic acid groups (broad SMARTS) is 1. The number of hydrogen-bond acceptors (Lipinski definition) is 3. The van der Waals surface area contributed by atoms with E-state index in [1.165, 1.54) is 6.42 Å². The zero-order valence-corrected chi connectivity index (χ0v) is 13.6. The van der Waals surface area contributed by atoms with Gasteiger partial charge in [-0.3, -0.25) is 10.1 Å². The number of carbonyl (C=O) groups is 1. The van der Waals surface area contributed by atoms with Gasteiger partial charge in [0.25, 0.3) is 0 Å². The molecule has 0 spiro atoms. The molecule has 0 aromatic rings. The SMILES string of the molecule is CC1CC(C)CC(OCCC(C)(NC(C)C)C(=O)O)C1. The van der Waals surface area contributed by atoms with Crippen LogP contribution in [0, 0.1) is 11.8 Å². The summed E-state index contributed by atoms with van der Waals surface area (Å²) in [6.07, 6.45) is 4.28. The zero-order valence-electron chi connectivity index (χ0n) is 13.6. The number of hydrogen-bond donors (Lipinski definition) is 2. The van der Waals surface area contributed by atoms with Crippen molar-refractivity contribution < 1.29 is 14.6 Å². The van der Waals surface area contributed by atoms with E-state index < -0.39 is 11.5 Å². The quantitative estimate of drug-likeness (QED) is 0.755. The second-order valence-corrected chi connectivity index (χ2v) is 7.10. The Morgan fingerprint density at radius 2 is 1.85 bits per heavy atom. The van der Waals surface area contributed by atoms with E-state index in [4.69, 9.17) is 4.74 Å². The number of rotatable bonds is 7. The molecule has 4 heteroatoms. The van der Waals surface area contributed by atoms with Crippen LogP contribution in [0.3, 0.4) is 0 Å². The molecule has 0 aromatic carbocycles. The van der Waals surface area contributed by atoms with Crippen LogP contribution >= 0.6 is 0 Å². The minimum absolute atomic E-state index is 0.144. The lowest BCUT2D eigenvalue weighted by atomic mass is 9.82. The molecule has 0 bridgehead atoms. The topological polar surface area (TPSA) is 58.6 Å². The molecule has 1 fully saturated rings. The summed E-state index contributed by atoms with van der Waals surface area (Å²) in [6, 6.07) is 0.144. The largest absolute Gasteiger partial charge is 0.480 e. The van der Waals surface area contributed by atoms with E-state index in [1.54, 1.807) is 6.92 Å². The molecule has 1 aliphatic carbocycles. The first-order valence-electron chi connectivity index (χ1n) is 7.85. The van der Waals surface area contributed by atoms with Crippen LogP contribution in [-0.4, -0.2) is 35.4 Å². The first kappa shape index (κ1) is 17.4. The van der Waals surface area contributed by atoms with Crippen molar-refractivity contribution in [3.05, 3.63) is 0 Å². The average molecular weight is 285 g/mol. The molecule has 0 amide bonds. The highest BCUT2D eigenvalue weighted by atomic mass is 16.5. The highest BCUT2D eigenvalue weighted by Gasteiger charge is 2.33. The van der Waals surface area contributed by atoms with Crippen LogP contribution < -0.4 is 5.32 Å². The first-order chi connectivity index (χ1) is 9.23. The lowest BCUT2D eigenvalue weighted by Gasteiger charge is -2.33. The maximum Gasteiger partial charge on any atom is 0.323 e. The van der Waals surface area contributed by atoms with E-state index in [2.05, 4.69) is 19.2 Å². The minimum Gasteiger partial charge on any atom is -0.480 e. The first-order valence-corrected chi connectivity index (χ1v) is 7.85. The van der Waals surface area contributed by atoms with Gasteiger partial charge in [-0.1, -0.05) is 13.8 Å². The standard InChI is InChI=1S/C16H31NO3/c1-11(2)17-16(5,15(18)19)6-7-20-14-9-12(3)8-13(4)10-14/h11-14,17H,6-10H2,1-5H3,(H,18,19). The molecule has 0 aliphatic heterocycles. The number of nitrogens with one attached hydrogen (secondary N) is 1. The van der Waals surface area contributed by atoms with Gasteiger partial charge in [-0.2, -0.15) is 0 Å². The molecule has 0 aromatic heterocycles. The van der Waals surface area contributed by atoms with E-state index in [-0.39, 0.29) is 6.04 Å². The fraction of sp³-hybridized carbons (Fsp3) is 0.938. The molecule has 1 aliphatic rings. The molecule has 4 nitrogen and oxygen atoms in total. The van der Waals surface area contributed by atoms with Gasteiger partial charge >= 0.3 is 5.97 Å². The smallest absolute Gasteiger partial charge is 0.323 e. The number of carboxylic acids is 1. The summed E-state index contributed by atoms with van der Waals surface area (Å²) in [5.74, 6) is 0.618. The van der Waals surface area contributed by atoms with Crippen molar-refractivity contribution in [1.29, 1.82) is 0 Å². The van der Waals surface area contributed by atoms with Crippen molar-refractivity contribution in [1.82, 2.24) is 5.32 Å². The second-order valence-electron chi connectivity index (χ2n) is 7.10. The zero-order chi connectivity index (χ0) is 15.3. The van der Waals surface area contributed by atoms with Crippen molar-refractivity contribution in [2.75, 3.05) is 6.61 Å². The predicted molar refractivity (Wildman–Crippen MR) is 80.8 cm³/mol. The van der Waals surface area contributed by atoms with Crippen LogP contribution in [0.2, 0.25) is 0 Å². The van der Waals surface area contributed by atoms with Crippen LogP contribution in [-0.2, 0) is 9.53 Å². The minimum atomic E-state index is -0.903. The normalized spacial score (nSPS) is 30.2. The van der Waals surface area contributed by atoms with Crippen molar-refractivity contribution in [2.45, 2.75) is 78.0 Å². The maximum atomic E-state index is 11.4.